The van der Waals surface area contributed by atoms with E-state index >= 15 is 0 Å². The summed E-state index contributed by atoms with van der Waals surface area (Å²) in [6, 6.07) is 13.2. The molecule has 0 aliphatic carbocycles. The molecule has 0 radical (unpaired) electrons. The fourth-order valence-corrected chi connectivity index (χ4v) is 3.11. The summed E-state index contributed by atoms with van der Waals surface area (Å²) in [5.74, 6) is 1.75. The number of guanidine groups is 1. The average Bonchev–Trinajstić information content (AvgIpc) is 2.68. The van der Waals surface area contributed by atoms with Crippen molar-refractivity contribution in [2.75, 3.05) is 20.2 Å². The van der Waals surface area contributed by atoms with Crippen LogP contribution in [0.2, 0.25) is 0 Å². The lowest BCUT2D eigenvalue weighted by Crippen LogP contribution is -2.39. The quantitative estimate of drug-likeness (QED) is 0.627. The van der Waals surface area contributed by atoms with E-state index in [1.54, 1.807) is 13.1 Å². The first-order chi connectivity index (χ1) is 13.0. The summed E-state index contributed by atoms with van der Waals surface area (Å²) in [4.78, 5) is 4.16. The predicted molar refractivity (Wildman–Crippen MR) is 98.9 cm³/mol. The molecule has 0 saturated heterocycles. The van der Waals surface area contributed by atoms with Gasteiger partial charge in [-0.2, -0.15) is 13.2 Å². The van der Waals surface area contributed by atoms with Gasteiger partial charge in [0, 0.05) is 26.1 Å². The number of hydrogen-bond acceptors (Lipinski definition) is 2. The smallest absolute Gasteiger partial charge is 0.416 e. The van der Waals surface area contributed by atoms with Crippen LogP contribution in [0.1, 0.15) is 29.0 Å². The highest BCUT2D eigenvalue weighted by Crippen LogP contribution is 2.32. The van der Waals surface area contributed by atoms with E-state index in [1.807, 2.05) is 18.2 Å². The van der Waals surface area contributed by atoms with Crippen LogP contribution in [-0.4, -0.2) is 26.2 Å². The molecule has 1 aliphatic rings. The topological polar surface area (TPSA) is 45.7 Å². The number of nitrogens with zero attached hydrogens (tertiary/aromatic N) is 1. The summed E-state index contributed by atoms with van der Waals surface area (Å²) >= 11 is 0. The maximum absolute atomic E-state index is 12.8. The minimum atomic E-state index is -4.34. The molecule has 1 atom stereocenters. The molecule has 144 valence electrons. The Morgan fingerprint density at radius 2 is 1.96 bits per heavy atom. The van der Waals surface area contributed by atoms with Gasteiger partial charge in [0.2, 0.25) is 0 Å². The van der Waals surface area contributed by atoms with Crippen molar-refractivity contribution in [3.8, 4) is 5.75 Å². The number of aliphatic imine (C=N–C) groups is 1. The van der Waals surface area contributed by atoms with Gasteiger partial charge in [0.05, 0.1) is 12.2 Å². The Hall–Kier alpha value is -2.70. The molecule has 0 fully saturated rings. The van der Waals surface area contributed by atoms with Crippen LogP contribution in [0.15, 0.2) is 53.5 Å². The maximum Gasteiger partial charge on any atom is 0.416 e. The van der Waals surface area contributed by atoms with Crippen LogP contribution >= 0.6 is 0 Å². The normalized spacial score (nSPS) is 17.0. The zero-order chi connectivity index (χ0) is 19.3. The Bertz CT molecular complexity index is 805. The fraction of sp³-hybridized carbons (Fsp3) is 0.350. The molecular weight excluding hydrogens is 355 g/mol. The first kappa shape index (κ1) is 19.1. The van der Waals surface area contributed by atoms with Gasteiger partial charge in [-0.3, -0.25) is 4.99 Å². The van der Waals surface area contributed by atoms with Gasteiger partial charge < -0.3 is 15.4 Å². The van der Waals surface area contributed by atoms with Crippen molar-refractivity contribution in [1.82, 2.24) is 10.6 Å². The van der Waals surface area contributed by atoms with Crippen molar-refractivity contribution in [2.45, 2.75) is 25.1 Å². The van der Waals surface area contributed by atoms with Crippen molar-refractivity contribution < 1.29 is 17.9 Å². The van der Waals surface area contributed by atoms with Crippen molar-refractivity contribution in [1.29, 1.82) is 0 Å². The molecule has 27 heavy (non-hydrogen) atoms. The van der Waals surface area contributed by atoms with Gasteiger partial charge in [-0.05, 0) is 35.7 Å². The Morgan fingerprint density at radius 1 is 1.15 bits per heavy atom. The van der Waals surface area contributed by atoms with E-state index in [4.69, 9.17) is 4.74 Å². The van der Waals surface area contributed by atoms with Crippen LogP contribution in [0, 0.1) is 0 Å². The molecule has 1 aliphatic heterocycles. The monoisotopic (exact) mass is 377 g/mol. The average molecular weight is 377 g/mol. The molecule has 0 amide bonds. The van der Waals surface area contributed by atoms with Gasteiger partial charge in [0.25, 0.3) is 0 Å². The summed E-state index contributed by atoms with van der Waals surface area (Å²) in [6.07, 6.45) is -3.44. The number of ether oxygens (including phenoxy) is 1. The van der Waals surface area contributed by atoms with Crippen molar-refractivity contribution in [3.05, 3.63) is 65.2 Å². The van der Waals surface area contributed by atoms with Crippen LogP contribution in [0.3, 0.4) is 0 Å². The molecular formula is C20H22F3N3O. The highest BCUT2D eigenvalue weighted by atomic mass is 19.4. The Morgan fingerprint density at radius 3 is 2.74 bits per heavy atom. The number of para-hydroxylation sites is 1. The number of benzene rings is 2. The summed E-state index contributed by atoms with van der Waals surface area (Å²) in [5.41, 5.74) is 1.05. The van der Waals surface area contributed by atoms with E-state index in [2.05, 4.69) is 21.7 Å². The molecule has 2 aromatic rings. The first-order valence-electron chi connectivity index (χ1n) is 8.80. The number of alkyl halides is 3. The summed E-state index contributed by atoms with van der Waals surface area (Å²) < 4.78 is 44.1. The lowest BCUT2D eigenvalue weighted by Gasteiger charge is -2.26. The third-order valence-electron chi connectivity index (χ3n) is 4.54. The minimum Gasteiger partial charge on any atom is -0.493 e. The zero-order valence-corrected chi connectivity index (χ0v) is 15.0. The van der Waals surface area contributed by atoms with Crippen LogP contribution in [0.4, 0.5) is 13.2 Å². The van der Waals surface area contributed by atoms with Crippen molar-refractivity contribution in [3.63, 3.8) is 0 Å². The summed E-state index contributed by atoms with van der Waals surface area (Å²) in [7, 11) is 1.64. The Balaban J connectivity index is 1.57. The molecule has 4 nitrogen and oxygen atoms in total. The Kier molecular flexibility index (Phi) is 5.88. The number of nitrogens with one attached hydrogen (secondary N) is 2. The van der Waals surface area contributed by atoms with Crippen molar-refractivity contribution >= 4 is 5.96 Å². The molecule has 1 unspecified atom stereocenters. The van der Waals surface area contributed by atoms with Gasteiger partial charge in [-0.15, -0.1) is 0 Å². The summed E-state index contributed by atoms with van der Waals surface area (Å²) in [5, 5.41) is 6.32. The third kappa shape index (κ3) is 4.93. The lowest BCUT2D eigenvalue weighted by molar-refractivity contribution is -0.137. The molecule has 7 heteroatoms. The number of rotatable bonds is 4. The number of hydrogen-bond donors (Lipinski definition) is 2. The zero-order valence-electron chi connectivity index (χ0n) is 15.0. The standard InChI is InChI=1S/C20H22F3N3O/c1-24-19(25-12-14-5-4-6-16(11-14)20(21,22)23)26-13-15-9-10-27-18-8-3-2-7-17(15)18/h2-8,11,15H,9-10,12-13H2,1H3,(H2,24,25,26). The van der Waals surface area contributed by atoms with Gasteiger partial charge in [0.1, 0.15) is 5.75 Å². The second kappa shape index (κ2) is 8.33. The molecule has 0 bridgehead atoms. The largest absolute Gasteiger partial charge is 0.493 e. The van der Waals surface area contributed by atoms with Crippen LogP contribution in [0.5, 0.6) is 5.75 Å². The molecule has 2 aromatic carbocycles. The van der Waals surface area contributed by atoms with Crippen LogP contribution < -0.4 is 15.4 Å². The SMILES string of the molecule is CN=C(NCc1cccc(C(F)(F)F)c1)NCC1CCOc2ccccc21. The fourth-order valence-electron chi connectivity index (χ4n) is 3.11. The highest BCUT2D eigenvalue weighted by Gasteiger charge is 2.30. The minimum absolute atomic E-state index is 0.258. The van der Waals surface area contributed by atoms with E-state index in [1.165, 1.54) is 6.07 Å². The van der Waals surface area contributed by atoms with Crippen molar-refractivity contribution in [2.24, 2.45) is 4.99 Å². The highest BCUT2D eigenvalue weighted by molar-refractivity contribution is 5.79. The van der Waals surface area contributed by atoms with Gasteiger partial charge in [0.15, 0.2) is 5.96 Å². The number of halogens is 3. The second-order valence-corrected chi connectivity index (χ2v) is 6.38. The molecule has 0 saturated carbocycles. The third-order valence-corrected chi connectivity index (χ3v) is 4.54. The number of fused-ring (bicyclic) bond motifs is 1. The van der Waals surface area contributed by atoms with E-state index in [9.17, 15) is 13.2 Å². The van der Waals surface area contributed by atoms with Crippen LogP contribution in [-0.2, 0) is 12.7 Å². The lowest BCUT2D eigenvalue weighted by atomic mass is 9.93. The predicted octanol–water partition coefficient (Wildman–Crippen LogP) is 3.94. The van der Waals surface area contributed by atoms with E-state index in [0.717, 1.165) is 29.9 Å². The molecule has 2 N–H and O–H groups in total. The Labute approximate surface area is 156 Å². The maximum atomic E-state index is 12.8. The van der Waals surface area contributed by atoms with Gasteiger partial charge >= 0.3 is 6.18 Å². The van der Waals surface area contributed by atoms with E-state index in [-0.39, 0.29) is 6.54 Å². The molecule has 3 rings (SSSR count). The molecule has 0 aromatic heterocycles. The van der Waals surface area contributed by atoms with Crippen LogP contribution in [0.25, 0.3) is 0 Å². The summed E-state index contributed by atoms with van der Waals surface area (Å²) in [6.45, 7) is 1.59. The second-order valence-electron chi connectivity index (χ2n) is 6.38. The van der Waals surface area contributed by atoms with Gasteiger partial charge in [-0.25, -0.2) is 0 Å². The van der Waals surface area contributed by atoms with E-state index in [0.29, 0.717) is 30.6 Å². The first-order valence-corrected chi connectivity index (χ1v) is 8.80. The molecule has 0 spiro atoms. The molecule has 1 heterocycles. The van der Waals surface area contributed by atoms with Gasteiger partial charge in [-0.1, -0.05) is 30.3 Å². The van der Waals surface area contributed by atoms with E-state index < -0.39 is 11.7 Å².